The van der Waals surface area contributed by atoms with Gasteiger partial charge in [0.15, 0.2) is 11.6 Å². The summed E-state index contributed by atoms with van der Waals surface area (Å²) in [6.45, 7) is 4.63. The predicted molar refractivity (Wildman–Crippen MR) is 243 cm³/mol. The maximum atomic E-state index is 5.25. The molecule has 2 aromatic heterocycles. The van der Waals surface area contributed by atoms with Gasteiger partial charge in [0.05, 0.1) is 0 Å². The van der Waals surface area contributed by atoms with E-state index >= 15 is 0 Å². The molecule has 9 aromatic rings. The topological polar surface area (TPSA) is 38.7 Å². The molecule has 0 bridgehead atoms. The molecule has 0 amide bonds. The van der Waals surface area contributed by atoms with Gasteiger partial charge in [-0.1, -0.05) is 172 Å². The first-order chi connectivity index (χ1) is 28.5. The smallest absolute Gasteiger partial charge is 0.164 e. The molecule has 2 heterocycles. The van der Waals surface area contributed by atoms with Crippen molar-refractivity contribution in [2.75, 3.05) is 0 Å². The Morgan fingerprint density at radius 2 is 1.16 bits per heavy atom. The van der Waals surface area contributed by atoms with Gasteiger partial charge < -0.3 is 0 Å². The highest BCUT2D eigenvalue weighted by Gasteiger charge is 2.37. The Bertz CT molecular complexity index is 3110. The minimum absolute atomic E-state index is 0.0837. The predicted octanol–water partition coefficient (Wildman–Crippen LogP) is 14.5. The fraction of sp³-hybridized carbons (Fsp3) is 0.0926. The van der Waals surface area contributed by atoms with Crippen LogP contribution in [0.1, 0.15) is 43.1 Å². The normalized spacial score (nSPS) is 15.2. The third kappa shape index (κ3) is 5.75. The zero-order valence-electron chi connectivity index (χ0n) is 32.4. The van der Waals surface area contributed by atoms with Gasteiger partial charge in [-0.05, 0) is 86.3 Å². The molecule has 4 heteroatoms. The molecular weight excluding hydrogens is 723 g/mol. The van der Waals surface area contributed by atoms with E-state index in [4.69, 9.17) is 15.0 Å². The second kappa shape index (κ2) is 13.7. The minimum Gasteiger partial charge on any atom is -0.212 e. The van der Waals surface area contributed by atoms with Crippen molar-refractivity contribution in [1.29, 1.82) is 0 Å². The van der Waals surface area contributed by atoms with Gasteiger partial charge in [0.1, 0.15) is 5.82 Å². The lowest BCUT2D eigenvalue weighted by atomic mass is 9.82. The van der Waals surface area contributed by atoms with Gasteiger partial charge in [0, 0.05) is 42.6 Å². The molecule has 0 radical (unpaired) electrons. The van der Waals surface area contributed by atoms with Gasteiger partial charge in [-0.15, -0.1) is 11.3 Å². The molecule has 0 aliphatic heterocycles. The Morgan fingerprint density at radius 3 is 2.00 bits per heavy atom. The lowest BCUT2D eigenvalue weighted by Crippen LogP contribution is -2.14. The molecular formula is C54H39N3S. The fourth-order valence-electron chi connectivity index (χ4n) is 9.08. The van der Waals surface area contributed by atoms with Crippen molar-refractivity contribution in [2.45, 2.75) is 31.6 Å². The summed E-state index contributed by atoms with van der Waals surface area (Å²) in [7, 11) is 0. The highest BCUT2D eigenvalue weighted by atomic mass is 32.1. The van der Waals surface area contributed by atoms with E-state index in [1.54, 1.807) is 0 Å². The first-order valence-electron chi connectivity index (χ1n) is 20.0. The molecule has 2 aliphatic rings. The first kappa shape index (κ1) is 34.5. The van der Waals surface area contributed by atoms with E-state index in [0.717, 1.165) is 29.2 Å². The van der Waals surface area contributed by atoms with Crippen molar-refractivity contribution in [3.8, 4) is 67.3 Å². The highest BCUT2D eigenvalue weighted by molar-refractivity contribution is 7.26. The summed E-state index contributed by atoms with van der Waals surface area (Å²) in [5.41, 5.74) is 14.3. The average molecular weight is 762 g/mol. The van der Waals surface area contributed by atoms with Crippen molar-refractivity contribution < 1.29 is 0 Å². The molecule has 2 aliphatic carbocycles. The van der Waals surface area contributed by atoms with Crippen LogP contribution in [0.5, 0.6) is 0 Å². The molecule has 3 nitrogen and oxygen atoms in total. The molecule has 7 aromatic carbocycles. The lowest BCUT2D eigenvalue weighted by molar-refractivity contribution is 0.660. The summed E-state index contributed by atoms with van der Waals surface area (Å²) in [4.78, 5) is 15.6. The zero-order valence-corrected chi connectivity index (χ0v) is 33.2. The van der Waals surface area contributed by atoms with Crippen LogP contribution in [0.3, 0.4) is 0 Å². The van der Waals surface area contributed by atoms with Crippen LogP contribution in [-0.2, 0) is 5.41 Å². The molecule has 276 valence electrons. The van der Waals surface area contributed by atoms with E-state index in [1.807, 2.05) is 11.3 Å². The van der Waals surface area contributed by atoms with E-state index in [9.17, 15) is 0 Å². The molecule has 1 atom stereocenters. The number of benzene rings is 7. The zero-order chi connectivity index (χ0) is 38.8. The Kier molecular flexibility index (Phi) is 8.16. The van der Waals surface area contributed by atoms with E-state index < -0.39 is 0 Å². The summed E-state index contributed by atoms with van der Waals surface area (Å²) < 4.78 is 2.57. The SMILES string of the molecule is CC1(C)c2ccccc2-c2c(-c3nc(-c4ccc(-c5cccc6sc7ccc(-c8cccc(-c9ccccc9)c8)cc7c56)cc4)nc(C4C=CC=CC4)n3)cccc21. The van der Waals surface area contributed by atoms with Gasteiger partial charge >= 0.3 is 0 Å². The number of nitrogens with zero attached hydrogens (tertiary/aromatic N) is 3. The summed E-state index contributed by atoms with van der Waals surface area (Å²) >= 11 is 1.86. The van der Waals surface area contributed by atoms with Crippen molar-refractivity contribution in [3.63, 3.8) is 0 Å². The van der Waals surface area contributed by atoms with Gasteiger partial charge in [-0.25, -0.2) is 15.0 Å². The fourth-order valence-corrected chi connectivity index (χ4v) is 10.2. The maximum Gasteiger partial charge on any atom is 0.164 e. The van der Waals surface area contributed by atoms with E-state index in [1.165, 1.54) is 75.8 Å². The van der Waals surface area contributed by atoms with E-state index in [0.29, 0.717) is 5.82 Å². The van der Waals surface area contributed by atoms with Crippen LogP contribution < -0.4 is 0 Å². The first-order valence-corrected chi connectivity index (χ1v) is 20.9. The lowest BCUT2D eigenvalue weighted by Gasteiger charge is -2.21. The van der Waals surface area contributed by atoms with E-state index in [-0.39, 0.29) is 11.3 Å². The number of allylic oxidation sites excluding steroid dienone is 4. The highest BCUT2D eigenvalue weighted by Crippen LogP contribution is 2.52. The molecule has 58 heavy (non-hydrogen) atoms. The van der Waals surface area contributed by atoms with Gasteiger partial charge in [-0.2, -0.15) is 0 Å². The number of fused-ring (bicyclic) bond motifs is 6. The largest absolute Gasteiger partial charge is 0.212 e. The Balaban J connectivity index is 1.00. The van der Waals surface area contributed by atoms with Gasteiger partial charge in [0.25, 0.3) is 0 Å². The number of thiophene rings is 1. The second-order valence-electron chi connectivity index (χ2n) is 15.9. The molecule has 1 unspecified atom stereocenters. The van der Waals surface area contributed by atoms with Crippen LogP contribution >= 0.6 is 11.3 Å². The van der Waals surface area contributed by atoms with Crippen molar-refractivity contribution >= 4 is 31.5 Å². The summed E-state index contributed by atoms with van der Waals surface area (Å²) in [6.07, 6.45) is 9.46. The Hall–Kier alpha value is -6.75. The van der Waals surface area contributed by atoms with E-state index in [2.05, 4.69) is 196 Å². The standard InChI is InChI=1S/C54H39N3S/c1-54(2)45-23-10-9-20-42(45)49-43(22-12-24-46(49)54)53-56-51(36-16-7-4-8-17-36)55-52(57-53)37-28-26-35(27-29-37)41-21-13-25-48-50(41)44-33-40(30-31-47(44)58-48)39-19-11-18-38(32-39)34-14-5-3-6-15-34/h3-16,18-33,36H,17H2,1-2H3. The summed E-state index contributed by atoms with van der Waals surface area (Å²) in [5, 5.41) is 2.57. The molecule has 0 spiro atoms. The second-order valence-corrected chi connectivity index (χ2v) is 17.0. The number of hydrogen-bond donors (Lipinski definition) is 0. The Labute approximate surface area is 342 Å². The average Bonchev–Trinajstić information content (AvgIpc) is 3.78. The van der Waals surface area contributed by atoms with Crippen LogP contribution in [0.25, 0.3) is 87.5 Å². The number of rotatable bonds is 6. The third-order valence-corrected chi connectivity index (χ3v) is 13.2. The van der Waals surface area contributed by atoms with Crippen LogP contribution in [0.2, 0.25) is 0 Å². The quantitative estimate of drug-likeness (QED) is 0.169. The molecule has 0 saturated heterocycles. The van der Waals surface area contributed by atoms with Crippen LogP contribution in [0, 0.1) is 0 Å². The molecule has 0 saturated carbocycles. The van der Waals surface area contributed by atoms with Crippen LogP contribution in [-0.4, -0.2) is 15.0 Å². The third-order valence-electron chi connectivity index (χ3n) is 12.1. The Morgan fingerprint density at radius 1 is 0.500 bits per heavy atom. The van der Waals surface area contributed by atoms with Gasteiger partial charge in [0.2, 0.25) is 0 Å². The number of hydrogen-bond acceptors (Lipinski definition) is 4. The van der Waals surface area contributed by atoms with Crippen LogP contribution in [0.4, 0.5) is 0 Å². The van der Waals surface area contributed by atoms with Crippen molar-refractivity contribution in [2.24, 2.45) is 0 Å². The minimum atomic E-state index is -0.112. The monoisotopic (exact) mass is 761 g/mol. The van der Waals surface area contributed by atoms with Crippen molar-refractivity contribution in [1.82, 2.24) is 15.0 Å². The molecule has 11 rings (SSSR count). The van der Waals surface area contributed by atoms with Crippen LogP contribution in [0.15, 0.2) is 182 Å². The number of aromatic nitrogens is 3. The van der Waals surface area contributed by atoms with Gasteiger partial charge in [-0.3, -0.25) is 0 Å². The summed E-state index contributed by atoms with van der Waals surface area (Å²) in [6, 6.07) is 57.2. The van der Waals surface area contributed by atoms with Crippen molar-refractivity contribution in [3.05, 3.63) is 199 Å². The summed E-state index contributed by atoms with van der Waals surface area (Å²) in [5.74, 6) is 2.29. The molecule has 0 N–H and O–H groups in total. The molecule has 0 fully saturated rings. The maximum absolute atomic E-state index is 5.25.